The van der Waals surface area contributed by atoms with E-state index in [0.717, 1.165) is 5.56 Å². The number of ether oxygens (including phenoxy) is 1. The maximum Gasteiger partial charge on any atom is 0.137 e. The molecule has 0 saturated heterocycles. The summed E-state index contributed by atoms with van der Waals surface area (Å²) in [4.78, 5) is 2.06. The highest BCUT2D eigenvalue weighted by atomic mass is 35.5. The van der Waals surface area contributed by atoms with E-state index < -0.39 is 0 Å². The molecule has 0 aliphatic carbocycles. The van der Waals surface area contributed by atoms with E-state index in [0.29, 0.717) is 17.2 Å². The highest BCUT2D eigenvalue weighted by Crippen LogP contribution is 2.30. The molecular weight excluding hydrogens is 226 g/mol. The monoisotopic (exact) mass is 243 g/mol. The molecule has 4 heteroatoms. The Bertz CT molecular complexity index is 342. The number of benzene rings is 1. The van der Waals surface area contributed by atoms with Crippen LogP contribution in [0.2, 0.25) is 5.02 Å². The Morgan fingerprint density at radius 2 is 2.12 bits per heavy atom. The van der Waals surface area contributed by atoms with Crippen LogP contribution in [0.15, 0.2) is 18.2 Å². The Kier molecular flexibility index (Phi) is 5.06. The predicted octanol–water partition coefficient (Wildman–Crippen LogP) is 2.33. The van der Waals surface area contributed by atoms with Gasteiger partial charge in [0.15, 0.2) is 0 Å². The standard InChI is InChI=1S/C12H18ClNO2/c1-14(2)11(6-7-15)9-4-5-12(16-3)10(13)8-9/h4-5,8,11,15H,6-7H2,1-3H3. The number of aliphatic hydroxyl groups is 1. The van der Waals surface area contributed by atoms with Crippen molar-refractivity contribution >= 4 is 11.6 Å². The topological polar surface area (TPSA) is 32.7 Å². The smallest absolute Gasteiger partial charge is 0.137 e. The summed E-state index contributed by atoms with van der Waals surface area (Å²) in [7, 11) is 5.56. The summed E-state index contributed by atoms with van der Waals surface area (Å²) >= 11 is 6.07. The lowest BCUT2D eigenvalue weighted by atomic mass is 10.0. The number of hydrogen-bond donors (Lipinski definition) is 1. The van der Waals surface area contributed by atoms with E-state index in [9.17, 15) is 0 Å². The van der Waals surface area contributed by atoms with Crippen LogP contribution in [0.25, 0.3) is 0 Å². The minimum Gasteiger partial charge on any atom is -0.495 e. The van der Waals surface area contributed by atoms with Crippen molar-refractivity contribution in [3.8, 4) is 5.75 Å². The lowest BCUT2D eigenvalue weighted by Gasteiger charge is -2.24. The molecule has 1 atom stereocenters. The van der Waals surface area contributed by atoms with E-state index in [2.05, 4.69) is 4.90 Å². The Labute approximate surface area is 102 Å². The van der Waals surface area contributed by atoms with E-state index in [1.54, 1.807) is 7.11 Å². The molecule has 1 aromatic carbocycles. The maximum absolute atomic E-state index is 9.03. The van der Waals surface area contributed by atoms with Gasteiger partial charge in [-0.05, 0) is 38.2 Å². The van der Waals surface area contributed by atoms with E-state index in [1.807, 2.05) is 32.3 Å². The van der Waals surface area contributed by atoms with Crippen molar-refractivity contribution < 1.29 is 9.84 Å². The van der Waals surface area contributed by atoms with Gasteiger partial charge in [-0.3, -0.25) is 0 Å². The van der Waals surface area contributed by atoms with Crippen molar-refractivity contribution in [2.45, 2.75) is 12.5 Å². The van der Waals surface area contributed by atoms with E-state index >= 15 is 0 Å². The van der Waals surface area contributed by atoms with Gasteiger partial charge in [-0.15, -0.1) is 0 Å². The second-order valence-electron chi connectivity index (χ2n) is 3.89. The maximum atomic E-state index is 9.03. The molecule has 1 aromatic rings. The SMILES string of the molecule is COc1ccc(C(CCO)N(C)C)cc1Cl. The number of aliphatic hydroxyl groups excluding tert-OH is 1. The largest absolute Gasteiger partial charge is 0.495 e. The van der Waals surface area contributed by atoms with Crippen LogP contribution in [0.5, 0.6) is 5.75 Å². The molecule has 1 N–H and O–H groups in total. The van der Waals surface area contributed by atoms with Gasteiger partial charge in [0.25, 0.3) is 0 Å². The summed E-state index contributed by atoms with van der Waals surface area (Å²) < 4.78 is 5.11. The van der Waals surface area contributed by atoms with E-state index in [4.69, 9.17) is 21.4 Å². The van der Waals surface area contributed by atoms with Gasteiger partial charge in [0, 0.05) is 12.6 Å². The minimum atomic E-state index is 0.159. The molecule has 0 amide bonds. The molecule has 0 saturated carbocycles. The van der Waals surface area contributed by atoms with Gasteiger partial charge in [-0.2, -0.15) is 0 Å². The first kappa shape index (κ1) is 13.3. The van der Waals surface area contributed by atoms with Gasteiger partial charge >= 0.3 is 0 Å². The molecule has 0 radical (unpaired) electrons. The second-order valence-corrected chi connectivity index (χ2v) is 4.29. The van der Waals surface area contributed by atoms with Gasteiger partial charge in [-0.1, -0.05) is 17.7 Å². The molecule has 0 aromatic heterocycles. The molecule has 0 fully saturated rings. The average Bonchev–Trinajstić information content (AvgIpc) is 2.25. The molecular formula is C12H18ClNO2. The lowest BCUT2D eigenvalue weighted by Crippen LogP contribution is -2.21. The molecule has 0 spiro atoms. The third-order valence-corrected chi connectivity index (χ3v) is 2.88. The van der Waals surface area contributed by atoms with Gasteiger partial charge in [0.05, 0.1) is 12.1 Å². The van der Waals surface area contributed by atoms with Crippen molar-refractivity contribution in [1.82, 2.24) is 4.90 Å². The number of nitrogens with zero attached hydrogens (tertiary/aromatic N) is 1. The zero-order valence-corrected chi connectivity index (χ0v) is 10.7. The van der Waals surface area contributed by atoms with Crippen molar-refractivity contribution in [3.05, 3.63) is 28.8 Å². The summed E-state index contributed by atoms with van der Waals surface area (Å²) in [6, 6.07) is 5.89. The Hall–Kier alpha value is -0.770. The number of methoxy groups -OCH3 is 1. The fourth-order valence-corrected chi connectivity index (χ4v) is 2.00. The molecule has 90 valence electrons. The first-order valence-corrected chi connectivity index (χ1v) is 5.58. The van der Waals surface area contributed by atoms with Crippen molar-refractivity contribution in [1.29, 1.82) is 0 Å². The van der Waals surface area contributed by atoms with Gasteiger partial charge in [-0.25, -0.2) is 0 Å². The number of rotatable bonds is 5. The summed E-state index contributed by atoms with van der Waals surface area (Å²) in [5, 5.41) is 9.63. The van der Waals surface area contributed by atoms with Crippen LogP contribution in [0.4, 0.5) is 0 Å². The second kappa shape index (κ2) is 6.09. The average molecular weight is 244 g/mol. The summed E-state index contributed by atoms with van der Waals surface area (Å²) in [6.45, 7) is 0.159. The lowest BCUT2D eigenvalue weighted by molar-refractivity contribution is 0.211. The van der Waals surface area contributed by atoms with Crippen LogP contribution in [-0.4, -0.2) is 37.8 Å². The first-order chi connectivity index (χ1) is 7.60. The molecule has 0 bridgehead atoms. The van der Waals surface area contributed by atoms with Crippen molar-refractivity contribution in [2.75, 3.05) is 27.8 Å². The highest BCUT2D eigenvalue weighted by Gasteiger charge is 2.14. The quantitative estimate of drug-likeness (QED) is 0.862. The molecule has 0 aliphatic heterocycles. The molecule has 0 heterocycles. The summed E-state index contributed by atoms with van der Waals surface area (Å²) in [6.07, 6.45) is 0.690. The van der Waals surface area contributed by atoms with Gasteiger partial charge in [0.2, 0.25) is 0 Å². The zero-order valence-electron chi connectivity index (χ0n) is 9.90. The van der Waals surface area contributed by atoms with Crippen LogP contribution >= 0.6 is 11.6 Å². The van der Waals surface area contributed by atoms with Gasteiger partial charge in [0.1, 0.15) is 5.75 Å². The first-order valence-electron chi connectivity index (χ1n) is 5.21. The Morgan fingerprint density at radius 3 is 2.56 bits per heavy atom. The summed E-state index contributed by atoms with van der Waals surface area (Å²) in [5.74, 6) is 0.673. The predicted molar refractivity (Wildman–Crippen MR) is 66.1 cm³/mol. The third kappa shape index (κ3) is 3.11. The fourth-order valence-electron chi connectivity index (χ4n) is 1.74. The van der Waals surface area contributed by atoms with Gasteiger partial charge < -0.3 is 14.7 Å². The number of hydrogen-bond acceptors (Lipinski definition) is 3. The Morgan fingerprint density at radius 1 is 1.44 bits per heavy atom. The van der Waals surface area contributed by atoms with E-state index in [-0.39, 0.29) is 12.6 Å². The van der Waals surface area contributed by atoms with Crippen LogP contribution < -0.4 is 4.74 Å². The third-order valence-electron chi connectivity index (χ3n) is 2.59. The molecule has 0 aliphatic rings. The molecule has 1 rings (SSSR count). The molecule has 3 nitrogen and oxygen atoms in total. The fraction of sp³-hybridized carbons (Fsp3) is 0.500. The van der Waals surface area contributed by atoms with E-state index in [1.165, 1.54) is 0 Å². The minimum absolute atomic E-state index is 0.159. The molecule has 16 heavy (non-hydrogen) atoms. The van der Waals surface area contributed by atoms with Crippen LogP contribution in [-0.2, 0) is 0 Å². The van der Waals surface area contributed by atoms with Crippen LogP contribution in [0.1, 0.15) is 18.0 Å². The molecule has 1 unspecified atom stereocenters. The van der Waals surface area contributed by atoms with Crippen molar-refractivity contribution in [2.24, 2.45) is 0 Å². The van der Waals surface area contributed by atoms with Crippen LogP contribution in [0, 0.1) is 0 Å². The highest BCUT2D eigenvalue weighted by molar-refractivity contribution is 6.32. The zero-order chi connectivity index (χ0) is 12.1. The van der Waals surface area contributed by atoms with Crippen LogP contribution in [0.3, 0.4) is 0 Å². The Balaban J connectivity index is 2.97. The summed E-state index contributed by atoms with van der Waals surface area (Å²) in [5.41, 5.74) is 1.09. The number of halogens is 1. The normalized spacial score (nSPS) is 12.9. The van der Waals surface area contributed by atoms with Crippen molar-refractivity contribution in [3.63, 3.8) is 0 Å².